The van der Waals surface area contributed by atoms with Gasteiger partial charge in [-0.15, -0.1) is 0 Å². The van der Waals surface area contributed by atoms with Crippen molar-refractivity contribution in [1.29, 1.82) is 0 Å². The molecular formula is C46H32N2O2. The molecule has 4 nitrogen and oxygen atoms in total. The van der Waals surface area contributed by atoms with Crippen molar-refractivity contribution in [1.82, 2.24) is 4.98 Å². The van der Waals surface area contributed by atoms with Gasteiger partial charge in [0.05, 0.1) is 0 Å². The fraction of sp³-hybridized carbons (Fsp3) is 0.0652. The molecule has 10 rings (SSSR count). The van der Waals surface area contributed by atoms with E-state index in [4.69, 9.17) is 13.8 Å². The number of oxazole rings is 1. The van der Waals surface area contributed by atoms with E-state index >= 15 is 0 Å². The van der Waals surface area contributed by atoms with Gasteiger partial charge < -0.3 is 13.7 Å². The second-order valence-electron chi connectivity index (χ2n) is 13.6. The molecule has 1 aliphatic rings. The van der Waals surface area contributed by atoms with E-state index in [1.165, 1.54) is 33.4 Å². The van der Waals surface area contributed by atoms with E-state index in [9.17, 15) is 0 Å². The van der Waals surface area contributed by atoms with Crippen molar-refractivity contribution >= 4 is 50.1 Å². The lowest BCUT2D eigenvalue weighted by molar-refractivity contribution is 0.620. The summed E-state index contributed by atoms with van der Waals surface area (Å²) >= 11 is 0. The van der Waals surface area contributed by atoms with Crippen LogP contribution in [0, 0.1) is 0 Å². The summed E-state index contributed by atoms with van der Waals surface area (Å²) in [5.74, 6) is 0.601. The number of anilines is 3. The standard InChI is InChI=1S/C46H32N2O2/c1-46(2)39-19-10-9-18-35(39)36-22-20-34(26-40(36)46)48(32-17-11-16-31(24-32)29-12-5-3-6-13-29)33-21-23-42-37(25-33)38-27-44-41(28-43(38)49-42)47-45(50-44)30-14-7-4-8-15-30/h3-28H,1-2H3. The van der Waals surface area contributed by atoms with Crippen LogP contribution in [-0.4, -0.2) is 4.98 Å². The minimum absolute atomic E-state index is 0.120. The highest BCUT2D eigenvalue weighted by Crippen LogP contribution is 2.51. The molecule has 0 fully saturated rings. The average molecular weight is 645 g/mol. The molecule has 0 N–H and O–H groups in total. The third-order valence-corrected chi connectivity index (χ3v) is 10.3. The fourth-order valence-corrected chi connectivity index (χ4v) is 7.76. The molecule has 50 heavy (non-hydrogen) atoms. The third kappa shape index (κ3) is 4.42. The Kier molecular flexibility index (Phi) is 6.19. The van der Waals surface area contributed by atoms with Crippen LogP contribution in [0.3, 0.4) is 0 Å². The van der Waals surface area contributed by atoms with E-state index < -0.39 is 0 Å². The van der Waals surface area contributed by atoms with Gasteiger partial charge in [0.15, 0.2) is 5.58 Å². The number of aromatic nitrogens is 1. The number of benzene rings is 7. The predicted molar refractivity (Wildman–Crippen MR) is 204 cm³/mol. The smallest absolute Gasteiger partial charge is 0.227 e. The Morgan fingerprint density at radius 2 is 1.12 bits per heavy atom. The largest absolute Gasteiger partial charge is 0.456 e. The summed E-state index contributed by atoms with van der Waals surface area (Å²) in [4.78, 5) is 7.15. The number of nitrogens with zero attached hydrogens (tertiary/aromatic N) is 2. The zero-order valence-electron chi connectivity index (χ0n) is 27.7. The number of hydrogen-bond donors (Lipinski definition) is 0. The van der Waals surface area contributed by atoms with E-state index in [-0.39, 0.29) is 5.41 Å². The molecule has 2 aromatic heterocycles. The van der Waals surface area contributed by atoms with Crippen LogP contribution in [0.2, 0.25) is 0 Å². The quantitative estimate of drug-likeness (QED) is 0.187. The van der Waals surface area contributed by atoms with Gasteiger partial charge in [-0.2, -0.15) is 0 Å². The molecule has 0 amide bonds. The van der Waals surface area contributed by atoms with Crippen LogP contribution in [-0.2, 0) is 5.41 Å². The molecule has 0 spiro atoms. The molecule has 0 radical (unpaired) electrons. The monoisotopic (exact) mass is 644 g/mol. The summed E-state index contributed by atoms with van der Waals surface area (Å²) < 4.78 is 12.7. The highest BCUT2D eigenvalue weighted by Gasteiger charge is 2.35. The van der Waals surface area contributed by atoms with Crippen LogP contribution in [0.25, 0.3) is 66.7 Å². The minimum Gasteiger partial charge on any atom is -0.456 e. The summed E-state index contributed by atoms with van der Waals surface area (Å²) in [6.07, 6.45) is 0. The molecule has 2 heterocycles. The Balaban J connectivity index is 1.16. The average Bonchev–Trinajstić information content (AvgIpc) is 3.81. The normalized spacial score (nSPS) is 13.2. The first-order valence-electron chi connectivity index (χ1n) is 17.0. The molecule has 9 aromatic rings. The summed E-state index contributed by atoms with van der Waals surface area (Å²) in [6.45, 7) is 4.66. The van der Waals surface area contributed by atoms with Crippen LogP contribution in [0.4, 0.5) is 17.1 Å². The summed E-state index contributed by atoms with van der Waals surface area (Å²) in [6, 6.07) is 55.6. The number of furan rings is 1. The van der Waals surface area contributed by atoms with Gasteiger partial charge in [0.25, 0.3) is 0 Å². The van der Waals surface area contributed by atoms with Crippen molar-refractivity contribution in [3.8, 4) is 33.7 Å². The van der Waals surface area contributed by atoms with Gasteiger partial charge in [-0.25, -0.2) is 4.98 Å². The molecule has 7 aromatic carbocycles. The zero-order valence-corrected chi connectivity index (χ0v) is 27.7. The van der Waals surface area contributed by atoms with Crippen molar-refractivity contribution in [2.45, 2.75) is 19.3 Å². The van der Waals surface area contributed by atoms with E-state index in [0.29, 0.717) is 5.89 Å². The Morgan fingerprint density at radius 3 is 1.96 bits per heavy atom. The molecule has 4 heteroatoms. The molecule has 0 atom stereocenters. The van der Waals surface area contributed by atoms with Crippen molar-refractivity contribution in [3.63, 3.8) is 0 Å². The van der Waals surface area contributed by atoms with E-state index in [0.717, 1.165) is 55.7 Å². The van der Waals surface area contributed by atoms with E-state index in [1.807, 2.05) is 36.4 Å². The summed E-state index contributed by atoms with van der Waals surface area (Å²) in [7, 11) is 0. The number of hydrogen-bond acceptors (Lipinski definition) is 4. The molecule has 0 saturated carbocycles. The van der Waals surface area contributed by atoms with Gasteiger partial charge >= 0.3 is 0 Å². The molecule has 0 saturated heterocycles. The maximum atomic E-state index is 6.42. The van der Waals surface area contributed by atoms with Gasteiger partial charge in [0.2, 0.25) is 5.89 Å². The topological polar surface area (TPSA) is 42.4 Å². The summed E-state index contributed by atoms with van der Waals surface area (Å²) in [5, 5.41) is 2.02. The van der Waals surface area contributed by atoms with E-state index in [1.54, 1.807) is 0 Å². The van der Waals surface area contributed by atoms with Gasteiger partial charge in [0.1, 0.15) is 16.7 Å². The van der Waals surface area contributed by atoms with E-state index in [2.05, 4.69) is 140 Å². The maximum absolute atomic E-state index is 6.42. The number of fused-ring (bicyclic) bond motifs is 7. The van der Waals surface area contributed by atoms with Crippen molar-refractivity contribution < 1.29 is 8.83 Å². The fourth-order valence-electron chi connectivity index (χ4n) is 7.76. The van der Waals surface area contributed by atoms with Gasteiger partial charge in [-0.1, -0.05) is 105 Å². The van der Waals surface area contributed by atoms with Gasteiger partial charge in [-0.05, 0) is 94.0 Å². The van der Waals surface area contributed by atoms with Crippen LogP contribution in [0.1, 0.15) is 25.0 Å². The highest BCUT2D eigenvalue weighted by molar-refractivity contribution is 6.10. The first-order valence-corrected chi connectivity index (χ1v) is 17.0. The van der Waals surface area contributed by atoms with Gasteiger partial charge in [0, 0.05) is 44.9 Å². The summed E-state index contributed by atoms with van der Waals surface area (Å²) in [5.41, 5.74) is 14.8. The molecule has 238 valence electrons. The molecule has 1 aliphatic carbocycles. The number of rotatable bonds is 5. The van der Waals surface area contributed by atoms with Crippen molar-refractivity contribution in [3.05, 3.63) is 169 Å². The first-order chi connectivity index (χ1) is 24.5. The van der Waals surface area contributed by atoms with Crippen molar-refractivity contribution in [2.75, 3.05) is 4.90 Å². The Bertz CT molecular complexity index is 2740. The lowest BCUT2D eigenvalue weighted by atomic mass is 9.82. The van der Waals surface area contributed by atoms with Crippen LogP contribution < -0.4 is 4.90 Å². The zero-order chi connectivity index (χ0) is 33.4. The van der Waals surface area contributed by atoms with Crippen LogP contribution >= 0.6 is 0 Å². The highest BCUT2D eigenvalue weighted by atomic mass is 16.4. The van der Waals surface area contributed by atoms with Crippen LogP contribution in [0.15, 0.2) is 167 Å². The van der Waals surface area contributed by atoms with Crippen molar-refractivity contribution in [2.24, 2.45) is 0 Å². The molecule has 0 bridgehead atoms. The predicted octanol–water partition coefficient (Wildman–Crippen LogP) is 12.8. The Hall–Kier alpha value is -6.39. The second-order valence-corrected chi connectivity index (χ2v) is 13.6. The first kappa shape index (κ1) is 28.6. The third-order valence-electron chi connectivity index (χ3n) is 10.3. The second kappa shape index (κ2) is 10.8. The lowest BCUT2D eigenvalue weighted by Crippen LogP contribution is -2.16. The lowest BCUT2D eigenvalue weighted by Gasteiger charge is -2.28. The minimum atomic E-state index is -0.120. The van der Waals surface area contributed by atoms with Gasteiger partial charge in [-0.3, -0.25) is 0 Å². The maximum Gasteiger partial charge on any atom is 0.227 e. The van der Waals surface area contributed by atoms with Crippen LogP contribution in [0.5, 0.6) is 0 Å². The Labute approximate surface area is 289 Å². The molecule has 0 aliphatic heterocycles. The molecule has 0 unspecified atom stereocenters. The Morgan fingerprint density at radius 1 is 0.460 bits per heavy atom. The molecular weight excluding hydrogens is 613 g/mol. The SMILES string of the molecule is CC1(C)c2ccccc2-c2ccc(N(c3cccc(-c4ccccc4)c3)c3ccc4oc5cc6nc(-c7ccccc7)oc6cc5c4c3)cc21.